The van der Waals surface area contributed by atoms with Gasteiger partial charge in [-0.05, 0) is 37.1 Å². The second kappa shape index (κ2) is 7.86. The van der Waals surface area contributed by atoms with Gasteiger partial charge in [0.25, 0.3) is 5.91 Å². The number of rotatable bonds is 5. The lowest BCUT2D eigenvalue weighted by molar-refractivity contribution is -0.126. The molecule has 0 bridgehead atoms. The molecule has 7 heteroatoms. The fraction of sp³-hybridized carbons (Fsp3) is 0.316. The molecular formula is C19H20N2O5. The van der Waals surface area contributed by atoms with Gasteiger partial charge in [-0.1, -0.05) is 18.2 Å². The Balaban J connectivity index is 1.55. The lowest BCUT2D eigenvalue weighted by atomic mass is 9.96. The first kappa shape index (κ1) is 17.7. The van der Waals surface area contributed by atoms with E-state index in [2.05, 4.69) is 5.32 Å². The molecule has 0 spiro atoms. The molecule has 1 aliphatic heterocycles. The van der Waals surface area contributed by atoms with Crippen molar-refractivity contribution >= 4 is 17.8 Å². The predicted molar refractivity (Wildman–Crippen MR) is 92.6 cm³/mol. The topological polar surface area (TPSA) is 99.9 Å². The quantitative estimate of drug-likeness (QED) is 0.855. The Bertz CT molecular complexity index is 799. The van der Waals surface area contributed by atoms with Gasteiger partial charge >= 0.3 is 5.97 Å². The van der Waals surface area contributed by atoms with Crippen LogP contribution in [0.3, 0.4) is 0 Å². The molecule has 2 N–H and O–H groups in total. The Morgan fingerprint density at radius 1 is 1.15 bits per heavy atom. The summed E-state index contributed by atoms with van der Waals surface area (Å²) < 4.78 is 5.12. The van der Waals surface area contributed by atoms with Crippen molar-refractivity contribution in [1.82, 2.24) is 10.2 Å². The van der Waals surface area contributed by atoms with Gasteiger partial charge in [-0.25, -0.2) is 4.79 Å². The minimum atomic E-state index is -1.15. The van der Waals surface area contributed by atoms with E-state index < -0.39 is 5.97 Å². The largest absolute Gasteiger partial charge is 0.475 e. The predicted octanol–water partition coefficient (Wildman–Crippen LogP) is 2.15. The second-order valence-corrected chi connectivity index (χ2v) is 6.25. The number of nitrogens with one attached hydrogen (secondary N) is 1. The van der Waals surface area contributed by atoms with Gasteiger partial charge in [-0.2, -0.15) is 0 Å². The Morgan fingerprint density at radius 3 is 2.62 bits per heavy atom. The summed E-state index contributed by atoms with van der Waals surface area (Å²) in [5.74, 6) is -1.45. The molecule has 2 heterocycles. The SMILES string of the molecule is O=C(O)c1ccc(CNC(=O)C2CCCN(C(=O)c3ccccc3)C2)o1. The van der Waals surface area contributed by atoms with E-state index in [1.807, 2.05) is 18.2 Å². The minimum Gasteiger partial charge on any atom is -0.475 e. The normalized spacial score (nSPS) is 16.9. The number of carbonyl (C=O) groups excluding carboxylic acids is 2. The lowest BCUT2D eigenvalue weighted by Crippen LogP contribution is -2.45. The maximum Gasteiger partial charge on any atom is 0.371 e. The molecule has 1 fully saturated rings. The van der Waals surface area contributed by atoms with Crippen LogP contribution in [0.15, 0.2) is 46.9 Å². The third kappa shape index (κ3) is 4.11. The van der Waals surface area contributed by atoms with Gasteiger partial charge in [-0.15, -0.1) is 0 Å². The molecule has 0 radical (unpaired) electrons. The van der Waals surface area contributed by atoms with E-state index in [1.54, 1.807) is 17.0 Å². The summed E-state index contributed by atoms with van der Waals surface area (Å²) in [6, 6.07) is 11.9. The van der Waals surface area contributed by atoms with Crippen LogP contribution in [0.5, 0.6) is 0 Å². The maximum absolute atomic E-state index is 12.5. The summed E-state index contributed by atoms with van der Waals surface area (Å²) in [5.41, 5.74) is 0.616. The summed E-state index contributed by atoms with van der Waals surface area (Å²) in [6.45, 7) is 1.13. The van der Waals surface area contributed by atoms with Gasteiger partial charge in [0.15, 0.2) is 0 Å². The molecular weight excluding hydrogens is 336 g/mol. The van der Waals surface area contributed by atoms with Crippen molar-refractivity contribution in [3.05, 3.63) is 59.5 Å². The molecule has 0 aliphatic carbocycles. The fourth-order valence-corrected chi connectivity index (χ4v) is 3.05. The smallest absolute Gasteiger partial charge is 0.371 e. The van der Waals surface area contributed by atoms with E-state index >= 15 is 0 Å². The van der Waals surface area contributed by atoms with Crippen molar-refractivity contribution in [3.63, 3.8) is 0 Å². The molecule has 1 saturated heterocycles. The number of nitrogens with zero attached hydrogens (tertiary/aromatic N) is 1. The van der Waals surface area contributed by atoms with Gasteiger partial charge in [0.1, 0.15) is 5.76 Å². The average molecular weight is 356 g/mol. The highest BCUT2D eigenvalue weighted by Crippen LogP contribution is 2.19. The van der Waals surface area contributed by atoms with E-state index in [0.29, 0.717) is 30.8 Å². The lowest BCUT2D eigenvalue weighted by Gasteiger charge is -2.32. The molecule has 1 aromatic heterocycles. The van der Waals surface area contributed by atoms with Crippen LogP contribution in [0.1, 0.15) is 39.5 Å². The van der Waals surface area contributed by atoms with Crippen molar-refractivity contribution < 1.29 is 23.9 Å². The fourth-order valence-electron chi connectivity index (χ4n) is 3.05. The first-order valence-corrected chi connectivity index (χ1v) is 8.48. The van der Waals surface area contributed by atoms with E-state index in [1.165, 1.54) is 12.1 Å². The number of carboxylic acid groups (broad SMARTS) is 1. The van der Waals surface area contributed by atoms with Gasteiger partial charge in [0.2, 0.25) is 11.7 Å². The van der Waals surface area contributed by atoms with Crippen molar-refractivity contribution in [2.45, 2.75) is 19.4 Å². The van der Waals surface area contributed by atoms with E-state index in [4.69, 9.17) is 9.52 Å². The number of furan rings is 1. The number of benzene rings is 1. The number of carbonyl (C=O) groups is 3. The number of hydrogen-bond donors (Lipinski definition) is 2. The van der Waals surface area contributed by atoms with Crippen molar-refractivity contribution in [3.8, 4) is 0 Å². The van der Waals surface area contributed by atoms with Crippen LogP contribution in [0.25, 0.3) is 0 Å². The molecule has 1 atom stereocenters. The molecule has 2 amide bonds. The Morgan fingerprint density at radius 2 is 1.92 bits per heavy atom. The van der Waals surface area contributed by atoms with Crippen LogP contribution < -0.4 is 5.32 Å². The molecule has 1 aliphatic rings. The standard InChI is InChI=1S/C19H20N2O5/c22-17(20-11-15-8-9-16(26-15)19(24)25)14-7-4-10-21(12-14)18(23)13-5-2-1-3-6-13/h1-3,5-6,8-9,14H,4,7,10-12H2,(H,20,22)(H,24,25). The molecule has 136 valence electrons. The monoisotopic (exact) mass is 356 g/mol. The van der Waals surface area contributed by atoms with E-state index in [0.717, 1.165) is 6.42 Å². The van der Waals surface area contributed by atoms with Crippen molar-refractivity contribution in [2.24, 2.45) is 5.92 Å². The Labute approximate surface area is 150 Å². The van der Waals surface area contributed by atoms with Crippen LogP contribution >= 0.6 is 0 Å². The summed E-state index contributed by atoms with van der Waals surface area (Å²) in [5, 5.41) is 11.6. The van der Waals surface area contributed by atoms with Crippen molar-refractivity contribution in [2.75, 3.05) is 13.1 Å². The molecule has 1 unspecified atom stereocenters. The van der Waals surface area contributed by atoms with Crippen LogP contribution in [-0.4, -0.2) is 40.9 Å². The third-order valence-electron chi connectivity index (χ3n) is 4.41. The summed E-state index contributed by atoms with van der Waals surface area (Å²) >= 11 is 0. The molecule has 26 heavy (non-hydrogen) atoms. The average Bonchev–Trinajstić information content (AvgIpc) is 3.16. The highest BCUT2D eigenvalue weighted by Gasteiger charge is 2.28. The maximum atomic E-state index is 12.5. The van der Waals surface area contributed by atoms with Crippen LogP contribution in [0.2, 0.25) is 0 Å². The first-order chi connectivity index (χ1) is 12.5. The minimum absolute atomic E-state index is 0.0692. The second-order valence-electron chi connectivity index (χ2n) is 6.25. The van der Waals surface area contributed by atoms with Gasteiger partial charge in [0, 0.05) is 18.7 Å². The highest BCUT2D eigenvalue weighted by atomic mass is 16.4. The number of aromatic carboxylic acids is 1. The summed E-state index contributed by atoms with van der Waals surface area (Å²) in [7, 11) is 0. The molecule has 1 aromatic carbocycles. The first-order valence-electron chi connectivity index (χ1n) is 8.48. The van der Waals surface area contributed by atoms with E-state index in [9.17, 15) is 14.4 Å². The molecule has 0 saturated carbocycles. The number of carboxylic acids is 1. The van der Waals surface area contributed by atoms with Crippen LogP contribution in [0.4, 0.5) is 0 Å². The zero-order valence-corrected chi connectivity index (χ0v) is 14.2. The summed E-state index contributed by atoms with van der Waals surface area (Å²) in [6.07, 6.45) is 1.48. The number of hydrogen-bond acceptors (Lipinski definition) is 4. The summed E-state index contributed by atoms with van der Waals surface area (Å²) in [4.78, 5) is 37.5. The van der Waals surface area contributed by atoms with E-state index in [-0.39, 0.29) is 30.0 Å². The Hall–Kier alpha value is -3.09. The Kier molecular flexibility index (Phi) is 5.36. The van der Waals surface area contributed by atoms with Gasteiger partial charge < -0.3 is 19.7 Å². The van der Waals surface area contributed by atoms with Gasteiger partial charge in [-0.3, -0.25) is 9.59 Å². The van der Waals surface area contributed by atoms with Crippen molar-refractivity contribution in [1.29, 1.82) is 0 Å². The number of piperidine rings is 1. The molecule has 3 rings (SSSR count). The number of amides is 2. The zero-order chi connectivity index (χ0) is 18.5. The van der Waals surface area contributed by atoms with Gasteiger partial charge in [0.05, 0.1) is 12.5 Å². The number of likely N-dealkylation sites (tertiary alicyclic amines) is 1. The third-order valence-corrected chi connectivity index (χ3v) is 4.41. The highest BCUT2D eigenvalue weighted by molar-refractivity contribution is 5.94. The molecule has 2 aromatic rings. The van der Waals surface area contributed by atoms with Crippen LogP contribution in [0, 0.1) is 5.92 Å². The zero-order valence-electron chi connectivity index (χ0n) is 14.2. The molecule has 7 nitrogen and oxygen atoms in total. The van der Waals surface area contributed by atoms with Crippen LogP contribution in [-0.2, 0) is 11.3 Å².